The Balaban J connectivity index is 1.06. The molecule has 0 fully saturated rings. The van der Waals surface area contributed by atoms with Gasteiger partial charge in [0.15, 0.2) is 0 Å². The summed E-state index contributed by atoms with van der Waals surface area (Å²) >= 11 is 0. The van der Waals surface area contributed by atoms with E-state index in [0.29, 0.717) is 0 Å². The van der Waals surface area contributed by atoms with E-state index >= 15 is 0 Å². The SMILES string of the molecule is CC1(C)c2ccccc2-c2c(-c3ccccc3N(c3ccc4c(c3)C3(c5ccccc5-c5ccccc53)c3ccccc3-4)c3ccccc3-c3ccc4oc5ccccc5c4c3)cccc21. The number of rotatable bonds is 5. The summed E-state index contributed by atoms with van der Waals surface area (Å²) in [7, 11) is 0. The van der Waals surface area contributed by atoms with E-state index in [-0.39, 0.29) is 5.41 Å². The monoisotopic (exact) mass is 841 g/mol. The van der Waals surface area contributed by atoms with Gasteiger partial charge in [-0.15, -0.1) is 0 Å². The van der Waals surface area contributed by atoms with Gasteiger partial charge in [0.1, 0.15) is 11.2 Å². The number of anilines is 3. The van der Waals surface area contributed by atoms with Gasteiger partial charge in [-0.1, -0.05) is 196 Å². The van der Waals surface area contributed by atoms with E-state index in [0.717, 1.165) is 50.1 Å². The number of nitrogens with zero attached hydrogens (tertiary/aromatic N) is 1. The van der Waals surface area contributed by atoms with E-state index in [1.807, 2.05) is 6.07 Å². The van der Waals surface area contributed by atoms with Crippen LogP contribution in [0.25, 0.3) is 77.6 Å². The third-order valence-corrected chi connectivity index (χ3v) is 15.1. The molecule has 3 aliphatic rings. The summed E-state index contributed by atoms with van der Waals surface area (Å²) in [4.78, 5) is 2.54. The highest BCUT2D eigenvalue weighted by atomic mass is 16.3. The predicted molar refractivity (Wildman–Crippen MR) is 273 cm³/mol. The minimum Gasteiger partial charge on any atom is -0.456 e. The van der Waals surface area contributed by atoms with Crippen molar-refractivity contribution in [3.63, 3.8) is 0 Å². The molecule has 2 nitrogen and oxygen atoms in total. The maximum atomic E-state index is 6.36. The molecule has 10 aromatic carbocycles. The highest BCUT2D eigenvalue weighted by Crippen LogP contribution is 2.64. The molecule has 0 amide bonds. The van der Waals surface area contributed by atoms with Crippen molar-refractivity contribution in [2.45, 2.75) is 24.7 Å². The molecule has 3 aliphatic carbocycles. The van der Waals surface area contributed by atoms with Crippen LogP contribution in [0.2, 0.25) is 0 Å². The Labute approximate surface area is 384 Å². The van der Waals surface area contributed by atoms with E-state index in [2.05, 4.69) is 237 Å². The van der Waals surface area contributed by atoms with Crippen LogP contribution in [0.1, 0.15) is 47.2 Å². The van der Waals surface area contributed by atoms with Crippen LogP contribution in [0.15, 0.2) is 229 Å². The van der Waals surface area contributed by atoms with Gasteiger partial charge in [0.05, 0.1) is 16.8 Å². The number of fused-ring (bicyclic) bond motifs is 16. The zero-order valence-corrected chi connectivity index (χ0v) is 36.7. The van der Waals surface area contributed by atoms with Crippen molar-refractivity contribution >= 4 is 39.0 Å². The Kier molecular flexibility index (Phi) is 7.70. The quantitative estimate of drug-likeness (QED) is 0.172. The van der Waals surface area contributed by atoms with E-state index in [9.17, 15) is 0 Å². The smallest absolute Gasteiger partial charge is 0.135 e. The molecule has 0 unspecified atom stereocenters. The molecule has 0 radical (unpaired) electrons. The van der Waals surface area contributed by atoms with Crippen LogP contribution in [-0.4, -0.2) is 0 Å². The molecule has 11 aromatic rings. The lowest BCUT2D eigenvalue weighted by atomic mass is 9.70. The van der Waals surface area contributed by atoms with E-state index in [4.69, 9.17) is 4.42 Å². The van der Waals surface area contributed by atoms with Crippen LogP contribution in [0.3, 0.4) is 0 Å². The molecule has 0 aliphatic heterocycles. The molecule has 14 rings (SSSR count). The Morgan fingerprint density at radius 1 is 0.333 bits per heavy atom. The predicted octanol–water partition coefficient (Wildman–Crippen LogP) is 17.0. The lowest BCUT2D eigenvalue weighted by Crippen LogP contribution is -2.26. The van der Waals surface area contributed by atoms with Gasteiger partial charge in [-0.2, -0.15) is 0 Å². The molecular weight excluding hydrogens is 799 g/mol. The van der Waals surface area contributed by atoms with Gasteiger partial charge in [-0.05, 0) is 120 Å². The Morgan fingerprint density at radius 3 is 1.53 bits per heavy atom. The summed E-state index contributed by atoms with van der Waals surface area (Å²) in [6.45, 7) is 4.74. The molecule has 0 atom stereocenters. The van der Waals surface area contributed by atoms with Gasteiger partial charge in [0, 0.05) is 33.0 Å². The van der Waals surface area contributed by atoms with Crippen LogP contribution in [0.5, 0.6) is 0 Å². The summed E-state index contributed by atoms with van der Waals surface area (Å²) in [6.07, 6.45) is 0. The fourth-order valence-electron chi connectivity index (χ4n) is 12.3. The van der Waals surface area contributed by atoms with Crippen LogP contribution in [0, 0.1) is 0 Å². The molecule has 1 heterocycles. The molecule has 0 saturated carbocycles. The van der Waals surface area contributed by atoms with E-state index in [1.54, 1.807) is 0 Å². The minimum atomic E-state index is -0.483. The number of furan rings is 1. The number of benzene rings is 10. The molecule has 1 spiro atoms. The molecule has 0 bridgehead atoms. The average Bonchev–Trinajstić information content (AvgIpc) is 4.06. The van der Waals surface area contributed by atoms with Gasteiger partial charge in [0.2, 0.25) is 0 Å². The number of hydrogen-bond acceptors (Lipinski definition) is 2. The standard InChI is InChI=1S/C64H43NO/c1-63(2)52-26-10-6-24-50(52)62-49(25-17-30-56(62)63)47-22-8-15-32-59(47)65(58-31-14-7-18-42(58)40-34-37-61-51(38-40)48-23-9-16-33-60(48)66-61)41-35-36-46-45-21-5-13-29-55(45)64(57(46)39-41)53-27-11-3-19-43(53)44-20-4-12-28-54(44)64/h3-39H,1-2H3. The van der Waals surface area contributed by atoms with Crippen LogP contribution in [0.4, 0.5) is 17.1 Å². The Bertz CT molecular complexity index is 3760. The summed E-state index contributed by atoms with van der Waals surface area (Å²) in [6, 6.07) is 83.4. The first-order chi connectivity index (χ1) is 32.5. The first-order valence-electron chi connectivity index (χ1n) is 23.1. The van der Waals surface area contributed by atoms with Crippen molar-refractivity contribution in [1.82, 2.24) is 0 Å². The van der Waals surface area contributed by atoms with Gasteiger partial charge in [-0.3, -0.25) is 0 Å². The fraction of sp³-hybridized carbons (Fsp3) is 0.0625. The summed E-state index contributed by atoms with van der Waals surface area (Å²) in [5, 5.41) is 2.23. The van der Waals surface area contributed by atoms with Gasteiger partial charge < -0.3 is 9.32 Å². The zero-order valence-electron chi connectivity index (χ0n) is 36.7. The lowest BCUT2D eigenvalue weighted by molar-refractivity contribution is 0.660. The summed E-state index contributed by atoms with van der Waals surface area (Å²) in [5.41, 5.74) is 25.0. The largest absolute Gasteiger partial charge is 0.456 e. The first-order valence-corrected chi connectivity index (χ1v) is 23.1. The van der Waals surface area contributed by atoms with Gasteiger partial charge in [-0.25, -0.2) is 0 Å². The van der Waals surface area contributed by atoms with Crippen LogP contribution < -0.4 is 4.90 Å². The Hall–Kier alpha value is -8.20. The fourth-order valence-corrected chi connectivity index (χ4v) is 12.3. The average molecular weight is 842 g/mol. The third-order valence-electron chi connectivity index (χ3n) is 15.1. The highest BCUT2D eigenvalue weighted by Gasteiger charge is 2.51. The summed E-state index contributed by atoms with van der Waals surface area (Å²) in [5.74, 6) is 0. The third kappa shape index (κ3) is 4.91. The van der Waals surface area contributed by atoms with Crippen molar-refractivity contribution in [3.8, 4) is 55.6 Å². The second-order valence-corrected chi connectivity index (χ2v) is 18.7. The molecule has 1 aromatic heterocycles. The lowest BCUT2D eigenvalue weighted by Gasteiger charge is -2.33. The van der Waals surface area contributed by atoms with Crippen LogP contribution >= 0.6 is 0 Å². The van der Waals surface area contributed by atoms with Gasteiger partial charge >= 0.3 is 0 Å². The molecule has 0 N–H and O–H groups in total. The van der Waals surface area contributed by atoms with Crippen molar-refractivity contribution in [2.75, 3.05) is 4.90 Å². The molecular formula is C64H43NO. The highest BCUT2D eigenvalue weighted by molar-refractivity contribution is 6.07. The van der Waals surface area contributed by atoms with Crippen LogP contribution in [-0.2, 0) is 10.8 Å². The maximum absolute atomic E-state index is 6.36. The van der Waals surface area contributed by atoms with Crippen molar-refractivity contribution in [3.05, 3.63) is 258 Å². The normalized spacial score (nSPS) is 14.2. The van der Waals surface area contributed by atoms with Crippen molar-refractivity contribution < 1.29 is 4.42 Å². The summed E-state index contributed by atoms with van der Waals surface area (Å²) < 4.78 is 6.36. The molecule has 0 saturated heterocycles. The Morgan fingerprint density at radius 2 is 0.833 bits per heavy atom. The van der Waals surface area contributed by atoms with Crippen molar-refractivity contribution in [1.29, 1.82) is 0 Å². The minimum absolute atomic E-state index is 0.129. The topological polar surface area (TPSA) is 16.4 Å². The molecule has 310 valence electrons. The number of hydrogen-bond donors (Lipinski definition) is 0. The molecule has 2 heteroatoms. The first kappa shape index (κ1) is 37.2. The van der Waals surface area contributed by atoms with E-state index in [1.165, 1.54) is 77.9 Å². The number of para-hydroxylation sites is 3. The van der Waals surface area contributed by atoms with Gasteiger partial charge in [0.25, 0.3) is 0 Å². The van der Waals surface area contributed by atoms with Crippen molar-refractivity contribution in [2.24, 2.45) is 0 Å². The molecule has 66 heavy (non-hydrogen) atoms. The second kappa shape index (κ2) is 13.7. The zero-order chi connectivity index (χ0) is 43.7. The second-order valence-electron chi connectivity index (χ2n) is 18.7. The maximum Gasteiger partial charge on any atom is 0.135 e. The van der Waals surface area contributed by atoms with E-state index < -0.39 is 5.41 Å².